The highest BCUT2D eigenvalue weighted by molar-refractivity contribution is 5.98. The third kappa shape index (κ3) is 10.3. The molecule has 0 fully saturated rings. The number of nitrogens with zero attached hydrogens (tertiary/aromatic N) is 5. The number of hydrogen-bond donors (Lipinski definition) is 3. The van der Waals surface area contributed by atoms with Crippen molar-refractivity contribution in [3.8, 4) is 11.8 Å². The Morgan fingerprint density at radius 2 is 1.83 bits per heavy atom. The van der Waals surface area contributed by atoms with Gasteiger partial charge in [-0.05, 0) is 69.8 Å². The molecule has 10 heteroatoms. The molecule has 0 aliphatic carbocycles. The number of aromatic nitrogens is 3. The summed E-state index contributed by atoms with van der Waals surface area (Å²) >= 11 is 0. The van der Waals surface area contributed by atoms with Gasteiger partial charge in [0.1, 0.15) is 11.9 Å². The molecule has 0 spiro atoms. The van der Waals surface area contributed by atoms with Crippen molar-refractivity contribution in [3.05, 3.63) is 83.8 Å². The molecule has 2 heterocycles. The van der Waals surface area contributed by atoms with Crippen molar-refractivity contribution in [2.24, 2.45) is 0 Å². The molecule has 0 saturated heterocycles. The normalized spacial score (nSPS) is 11.5. The van der Waals surface area contributed by atoms with E-state index in [2.05, 4.69) is 49.7 Å². The van der Waals surface area contributed by atoms with Crippen molar-refractivity contribution in [1.82, 2.24) is 24.8 Å². The van der Waals surface area contributed by atoms with Gasteiger partial charge in [-0.2, -0.15) is 4.98 Å². The van der Waals surface area contributed by atoms with Gasteiger partial charge in [-0.3, -0.25) is 14.6 Å². The molecule has 1 atom stereocenters. The summed E-state index contributed by atoms with van der Waals surface area (Å²) in [4.78, 5) is 41.8. The van der Waals surface area contributed by atoms with E-state index in [4.69, 9.17) is 0 Å². The quantitative estimate of drug-likeness (QED) is 0.211. The molecule has 3 rings (SSSR count). The molecule has 3 N–H and O–H groups in total. The summed E-state index contributed by atoms with van der Waals surface area (Å²) in [6, 6.07) is 10.6. The zero-order valence-electron chi connectivity index (χ0n) is 25.0. The van der Waals surface area contributed by atoms with Crippen LogP contribution < -0.4 is 16.0 Å². The molecular weight excluding hydrogens is 528 g/mol. The highest BCUT2D eigenvalue weighted by Crippen LogP contribution is 2.15. The van der Waals surface area contributed by atoms with Crippen LogP contribution in [0.15, 0.2) is 67.1 Å². The SMILES string of the molecule is CCCNc1nc(NCCc2ccncc2)ncc1C#Cc1cccc(NC(=O)[C@H](C)N(C)C(=O)/C=C/CN(C)C)c1. The topological polar surface area (TPSA) is 115 Å². The fraction of sp³-hybridized carbons (Fsp3) is 0.344. The molecule has 0 aliphatic rings. The van der Waals surface area contributed by atoms with E-state index in [1.54, 1.807) is 50.8 Å². The number of anilines is 3. The van der Waals surface area contributed by atoms with Crippen LogP contribution in [0.1, 0.15) is 37.0 Å². The van der Waals surface area contributed by atoms with E-state index in [0.29, 0.717) is 36.1 Å². The van der Waals surface area contributed by atoms with Crippen LogP contribution in [0.25, 0.3) is 0 Å². The van der Waals surface area contributed by atoms with Gasteiger partial charge in [0.25, 0.3) is 0 Å². The Kier molecular flexibility index (Phi) is 12.5. The van der Waals surface area contributed by atoms with E-state index in [9.17, 15) is 9.59 Å². The number of benzene rings is 1. The lowest BCUT2D eigenvalue weighted by atomic mass is 10.1. The second-order valence-corrected chi connectivity index (χ2v) is 10.0. The summed E-state index contributed by atoms with van der Waals surface area (Å²) in [5.41, 5.74) is 3.17. The Labute approximate surface area is 248 Å². The predicted molar refractivity (Wildman–Crippen MR) is 168 cm³/mol. The zero-order valence-corrected chi connectivity index (χ0v) is 25.0. The van der Waals surface area contributed by atoms with E-state index in [0.717, 1.165) is 24.9 Å². The van der Waals surface area contributed by atoms with E-state index in [1.807, 2.05) is 43.3 Å². The summed E-state index contributed by atoms with van der Waals surface area (Å²) < 4.78 is 0. The van der Waals surface area contributed by atoms with Crippen molar-refractivity contribution in [3.63, 3.8) is 0 Å². The lowest BCUT2D eigenvalue weighted by molar-refractivity contribution is -0.132. The minimum atomic E-state index is -0.655. The molecule has 3 aromatic rings. The Morgan fingerprint density at radius 1 is 1.05 bits per heavy atom. The smallest absolute Gasteiger partial charge is 0.246 e. The Balaban J connectivity index is 1.66. The van der Waals surface area contributed by atoms with Crippen LogP contribution in [0.2, 0.25) is 0 Å². The first kappa shape index (κ1) is 31.8. The molecule has 220 valence electrons. The number of pyridine rings is 1. The first-order valence-corrected chi connectivity index (χ1v) is 14.0. The van der Waals surface area contributed by atoms with Gasteiger partial charge in [0, 0.05) is 56.4 Å². The minimum Gasteiger partial charge on any atom is -0.369 e. The molecule has 0 saturated carbocycles. The maximum atomic E-state index is 12.9. The summed E-state index contributed by atoms with van der Waals surface area (Å²) in [5, 5.41) is 9.50. The Bertz CT molecular complexity index is 1410. The summed E-state index contributed by atoms with van der Waals surface area (Å²) in [7, 11) is 5.45. The molecular formula is C32H40N8O2. The van der Waals surface area contributed by atoms with Crippen molar-refractivity contribution in [2.75, 3.05) is 56.7 Å². The average Bonchev–Trinajstić information content (AvgIpc) is 2.99. The van der Waals surface area contributed by atoms with Crippen molar-refractivity contribution >= 4 is 29.3 Å². The number of likely N-dealkylation sites (N-methyl/N-ethyl adjacent to an activating group) is 2. The van der Waals surface area contributed by atoms with Crippen LogP contribution in [-0.4, -0.2) is 83.4 Å². The minimum absolute atomic E-state index is 0.233. The first-order chi connectivity index (χ1) is 20.3. The van der Waals surface area contributed by atoms with Gasteiger partial charge in [0.15, 0.2) is 0 Å². The fourth-order valence-corrected chi connectivity index (χ4v) is 3.71. The Hall–Kier alpha value is -4.75. The standard InChI is InChI=1S/C32H40N8O2/c1-6-17-34-30-27(23-36-32(38-30)35-20-16-25-14-18-33-19-15-25)13-12-26-9-7-10-28(22-26)37-31(42)24(2)40(5)29(41)11-8-21-39(3)4/h7-11,14-15,18-19,22-24H,6,16-17,20-21H2,1-5H3,(H,37,42)(H2,34,35,36,38)/b11-8+/t24-/m0/s1. The number of rotatable bonds is 13. The van der Waals surface area contributed by atoms with E-state index >= 15 is 0 Å². The molecule has 0 radical (unpaired) electrons. The molecule has 0 unspecified atom stereocenters. The van der Waals surface area contributed by atoms with Crippen LogP contribution in [0.4, 0.5) is 17.5 Å². The lowest BCUT2D eigenvalue weighted by Crippen LogP contribution is -2.42. The Morgan fingerprint density at radius 3 is 2.57 bits per heavy atom. The van der Waals surface area contributed by atoms with Crippen LogP contribution >= 0.6 is 0 Å². The highest BCUT2D eigenvalue weighted by atomic mass is 16.2. The van der Waals surface area contributed by atoms with Crippen molar-refractivity contribution < 1.29 is 9.59 Å². The predicted octanol–water partition coefficient (Wildman–Crippen LogP) is 3.65. The van der Waals surface area contributed by atoms with E-state index < -0.39 is 6.04 Å². The second kappa shape index (κ2) is 16.5. The van der Waals surface area contributed by atoms with Gasteiger partial charge in [-0.25, -0.2) is 4.98 Å². The highest BCUT2D eigenvalue weighted by Gasteiger charge is 2.21. The zero-order chi connectivity index (χ0) is 30.3. The largest absolute Gasteiger partial charge is 0.369 e. The van der Waals surface area contributed by atoms with Crippen molar-refractivity contribution in [1.29, 1.82) is 0 Å². The molecule has 1 aromatic carbocycles. The van der Waals surface area contributed by atoms with Gasteiger partial charge in [-0.15, -0.1) is 0 Å². The number of amides is 2. The van der Waals surface area contributed by atoms with Crippen molar-refractivity contribution in [2.45, 2.75) is 32.7 Å². The maximum absolute atomic E-state index is 12.9. The number of nitrogens with one attached hydrogen (secondary N) is 3. The molecule has 2 amide bonds. The first-order valence-electron chi connectivity index (χ1n) is 14.0. The summed E-state index contributed by atoms with van der Waals surface area (Å²) in [5.74, 6) is 6.99. The molecule has 2 aromatic heterocycles. The third-order valence-electron chi connectivity index (χ3n) is 6.29. The number of hydrogen-bond acceptors (Lipinski definition) is 8. The maximum Gasteiger partial charge on any atom is 0.246 e. The monoisotopic (exact) mass is 568 g/mol. The third-order valence-corrected chi connectivity index (χ3v) is 6.29. The lowest BCUT2D eigenvalue weighted by Gasteiger charge is -2.23. The average molecular weight is 569 g/mol. The van der Waals surface area contributed by atoms with Gasteiger partial charge < -0.3 is 25.8 Å². The van der Waals surface area contributed by atoms with Gasteiger partial charge in [-0.1, -0.05) is 30.9 Å². The molecule has 10 nitrogen and oxygen atoms in total. The summed E-state index contributed by atoms with van der Waals surface area (Å²) in [6.07, 6.45) is 10.3. The fourth-order valence-electron chi connectivity index (χ4n) is 3.71. The molecule has 0 aliphatic heterocycles. The molecule has 42 heavy (non-hydrogen) atoms. The van der Waals surface area contributed by atoms with Gasteiger partial charge in [0.05, 0.1) is 11.8 Å². The van der Waals surface area contributed by atoms with Gasteiger partial charge >= 0.3 is 0 Å². The number of carbonyl (C=O) groups is 2. The van der Waals surface area contributed by atoms with Crippen LogP contribution in [-0.2, 0) is 16.0 Å². The van der Waals surface area contributed by atoms with E-state index in [1.165, 1.54) is 16.5 Å². The van der Waals surface area contributed by atoms with Gasteiger partial charge in [0.2, 0.25) is 17.8 Å². The summed E-state index contributed by atoms with van der Waals surface area (Å²) in [6.45, 7) is 5.87. The van der Waals surface area contributed by atoms with Crippen LogP contribution in [0.5, 0.6) is 0 Å². The number of carbonyl (C=O) groups excluding carboxylic acids is 2. The second-order valence-electron chi connectivity index (χ2n) is 10.0. The molecule has 0 bridgehead atoms. The van der Waals surface area contributed by atoms with Crippen LogP contribution in [0, 0.1) is 11.8 Å². The van der Waals surface area contributed by atoms with E-state index in [-0.39, 0.29) is 11.8 Å². The van der Waals surface area contributed by atoms with Crippen LogP contribution in [0.3, 0.4) is 0 Å².